The highest BCUT2D eigenvalue weighted by Gasteiger charge is 2.36. The summed E-state index contributed by atoms with van der Waals surface area (Å²) in [7, 11) is 1.83. The average molecular weight is 247 g/mol. The van der Waals surface area contributed by atoms with Crippen LogP contribution in [0.2, 0.25) is 0 Å². The van der Waals surface area contributed by atoms with E-state index in [0.717, 1.165) is 31.9 Å². The fourth-order valence-electron chi connectivity index (χ4n) is 2.81. The lowest BCUT2D eigenvalue weighted by Gasteiger charge is -2.40. The fraction of sp³-hybridized carbons (Fsp3) is 0.600. The zero-order chi connectivity index (χ0) is 12.4. The number of benzene rings is 1. The summed E-state index contributed by atoms with van der Waals surface area (Å²) in [6, 6.07) is 6.50. The molecule has 18 heavy (non-hydrogen) atoms. The van der Waals surface area contributed by atoms with Gasteiger partial charge in [0.25, 0.3) is 0 Å². The molecule has 1 aromatic carbocycles. The average Bonchev–Trinajstić information content (AvgIpc) is 2.80. The van der Waals surface area contributed by atoms with E-state index < -0.39 is 0 Å². The second-order valence-corrected chi connectivity index (χ2v) is 5.38. The molecule has 0 aromatic heterocycles. The number of hydrogen-bond acceptors (Lipinski definition) is 3. The Morgan fingerprint density at radius 2 is 2.28 bits per heavy atom. The molecule has 1 aromatic rings. The Kier molecular flexibility index (Phi) is 3.27. The van der Waals surface area contributed by atoms with Crippen LogP contribution in [0.3, 0.4) is 0 Å². The van der Waals surface area contributed by atoms with E-state index in [1.807, 2.05) is 7.11 Å². The second-order valence-electron chi connectivity index (χ2n) is 5.38. The Bertz CT molecular complexity index is 421. The fourth-order valence-corrected chi connectivity index (χ4v) is 2.81. The first-order chi connectivity index (χ1) is 8.81. The molecule has 1 fully saturated rings. The molecular formula is C15H21NO2. The van der Waals surface area contributed by atoms with E-state index >= 15 is 0 Å². The Labute approximate surface area is 108 Å². The highest BCUT2D eigenvalue weighted by molar-refractivity contribution is 5.39. The summed E-state index contributed by atoms with van der Waals surface area (Å²) in [6.45, 7) is 2.70. The van der Waals surface area contributed by atoms with Gasteiger partial charge in [0, 0.05) is 26.6 Å². The van der Waals surface area contributed by atoms with Gasteiger partial charge in [0.15, 0.2) is 0 Å². The molecule has 3 rings (SSSR count). The minimum atomic E-state index is 0.111. The van der Waals surface area contributed by atoms with E-state index in [9.17, 15) is 0 Å². The van der Waals surface area contributed by atoms with Crippen LogP contribution in [0.5, 0.6) is 5.75 Å². The van der Waals surface area contributed by atoms with E-state index in [4.69, 9.17) is 9.47 Å². The molecule has 0 spiro atoms. The highest BCUT2D eigenvalue weighted by Crippen LogP contribution is 2.34. The molecule has 2 aliphatic rings. The van der Waals surface area contributed by atoms with Crippen LogP contribution in [0.1, 0.15) is 30.4 Å². The summed E-state index contributed by atoms with van der Waals surface area (Å²) in [5.41, 5.74) is 2.80. The molecule has 1 saturated carbocycles. The van der Waals surface area contributed by atoms with Gasteiger partial charge >= 0.3 is 0 Å². The Hall–Kier alpha value is -1.06. The van der Waals surface area contributed by atoms with Crippen molar-refractivity contribution in [2.45, 2.75) is 37.8 Å². The molecule has 0 saturated heterocycles. The van der Waals surface area contributed by atoms with Crippen molar-refractivity contribution in [2.75, 3.05) is 20.3 Å². The molecule has 1 N–H and O–H groups in total. The van der Waals surface area contributed by atoms with Gasteiger partial charge in [-0.1, -0.05) is 12.1 Å². The van der Waals surface area contributed by atoms with E-state index in [1.54, 1.807) is 0 Å². The van der Waals surface area contributed by atoms with Gasteiger partial charge in [0.05, 0.1) is 12.2 Å². The van der Waals surface area contributed by atoms with Crippen LogP contribution in [-0.4, -0.2) is 25.9 Å². The molecule has 0 bridgehead atoms. The van der Waals surface area contributed by atoms with Crippen LogP contribution in [0.25, 0.3) is 0 Å². The van der Waals surface area contributed by atoms with Gasteiger partial charge in [0.1, 0.15) is 5.75 Å². The molecule has 0 radical (unpaired) electrons. The third-order valence-corrected chi connectivity index (χ3v) is 4.23. The van der Waals surface area contributed by atoms with Crippen LogP contribution in [-0.2, 0) is 17.7 Å². The van der Waals surface area contributed by atoms with Crippen molar-refractivity contribution in [1.29, 1.82) is 0 Å². The van der Waals surface area contributed by atoms with E-state index in [2.05, 4.69) is 23.5 Å². The maximum atomic E-state index is 5.60. The zero-order valence-corrected chi connectivity index (χ0v) is 11.0. The van der Waals surface area contributed by atoms with Gasteiger partial charge in [-0.15, -0.1) is 0 Å². The lowest BCUT2D eigenvalue weighted by Crippen LogP contribution is -2.47. The van der Waals surface area contributed by atoms with Gasteiger partial charge in [-0.2, -0.15) is 0 Å². The number of hydrogen-bond donors (Lipinski definition) is 1. The van der Waals surface area contributed by atoms with Gasteiger partial charge in [-0.25, -0.2) is 0 Å². The van der Waals surface area contributed by atoms with Crippen molar-refractivity contribution in [2.24, 2.45) is 0 Å². The summed E-state index contributed by atoms with van der Waals surface area (Å²) in [5, 5.41) is 3.52. The number of methoxy groups -OCH3 is 1. The smallest absolute Gasteiger partial charge is 0.122 e. The minimum Gasteiger partial charge on any atom is -0.493 e. The van der Waals surface area contributed by atoms with Gasteiger partial charge in [-0.3, -0.25) is 0 Å². The maximum Gasteiger partial charge on any atom is 0.122 e. The number of nitrogens with one attached hydrogen (secondary N) is 1. The molecule has 3 heteroatoms. The van der Waals surface area contributed by atoms with E-state index in [0.29, 0.717) is 0 Å². The van der Waals surface area contributed by atoms with Crippen molar-refractivity contribution >= 4 is 0 Å². The van der Waals surface area contributed by atoms with Crippen molar-refractivity contribution < 1.29 is 9.47 Å². The first-order valence-electron chi connectivity index (χ1n) is 6.82. The van der Waals surface area contributed by atoms with Crippen LogP contribution in [0.15, 0.2) is 18.2 Å². The summed E-state index contributed by atoms with van der Waals surface area (Å²) < 4.78 is 11.1. The van der Waals surface area contributed by atoms with Crippen molar-refractivity contribution in [3.63, 3.8) is 0 Å². The van der Waals surface area contributed by atoms with Crippen LogP contribution >= 0.6 is 0 Å². The highest BCUT2D eigenvalue weighted by atomic mass is 16.5. The largest absolute Gasteiger partial charge is 0.493 e. The second kappa shape index (κ2) is 4.90. The van der Waals surface area contributed by atoms with Crippen LogP contribution in [0.4, 0.5) is 0 Å². The van der Waals surface area contributed by atoms with Crippen molar-refractivity contribution in [3.05, 3.63) is 29.3 Å². The Morgan fingerprint density at radius 1 is 1.39 bits per heavy atom. The monoisotopic (exact) mass is 247 g/mol. The Morgan fingerprint density at radius 3 is 3.00 bits per heavy atom. The predicted octanol–water partition coefficient (Wildman–Crippen LogP) is 2.28. The summed E-state index contributed by atoms with van der Waals surface area (Å²) in [6.07, 6.45) is 4.72. The zero-order valence-electron chi connectivity index (χ0n) is 11.0. The maximum absolute atomic E-state index is 5.60. The lowest BCUT2D eigenvalue weighted by molar-refractivity contribution is -0.0695. The standard InChI is InChI=1S/C15H21NO2/c1-17-15(6-2-7-15)11-16-10-12-3-4-14-13(9-12)5-8-18-14/h3-4,9,16H,2,5-8,10-11H2,1H3. The van der Waals surface area contributed by atoms with Crippen molar-refractivity contribution in [3.8, 4) is 5.75 Å². The first-order valence-corrected chi connectivity index (χ1v) is 6.82. The molecule has 1 heterocycles. The van der Waals surface area contributed by atoms with Crippen molar-refractivity contribution in [1.82, 2.24) is 5.32 Å². The predicted molar refractivity (Wildman–Crippen MR) is 70.9 cm³/mol. The quantitative estimate of drug-likeness (QED) is 0.866. The third-order valence-electron chi connectivity index (χ3n) is 4.23. The summed E-state index contributed by atoms with van der Waals surface area (Å²) in [4.78, 5) is 0. The lowest BCUT2D eigenvalue weighted by atomic mass is 9.80. The van der Waals surface area contributed by atoms with Gasteiger partial charge < -0.3 is 14.8 Å². The normalized spacial score (nSPS) is 20.1. The molecule has 0 amide bonds. The van der Waals surface area contributed by atoms with Crippen LogP contribution < -0.4 is 10.1 Å². The number of fused-ring (bicyclic) bond motifs is 1. The molecular weight excluding hydrogens is 226 g/mol. The molecule has 1 aliphatic carbocycles. The summed E-state index contributed by atoms with van der Waals surface area (Å²) >= 11 is 0. The topological polar surface area (TPSA) is 30.5 Å². The SMILES string of the molecule is COC1(CNCc2ccc3c(c2)CCO3)CCC1. The summed E-state index contributed by atoms with van der Waals surface area (Å²) in [5.74, 6) is 1.06. The van der Waals surface area contributed by atoms with E-state index in [-0.39, 0.29) is 5.60 Å². The molecule has 0 unspecified atom stereocenters. The number of ether oxygens (including phenoxy) is 2. The third kappa shape index (κ3) is 2.25. The number of rotatable bonds is 5. The molecule has 3 nitrogen and oxygen atoms in total. The molecule has 1 aliphatic heterocycles. The first kappa shape index (κ1) is 12.0. The Balaban J connectivity index is 1.54. The van der Waals surface area contributed by atoms with E-state index in [1.165, 1.54) is 30.4 Å². The van der Waals surface area contributed by atoms with Gasteiger partial charge in [0.2, 0.25) is 0 Å². The minimum absolute atomic E-state index is 0.111. The van der Waals surface area contributed by atoms with Gasteiger partial charge in [-0.05, 0) is 36.5 Å². The molecule has 0 atom stereocenters. The molecule has 98 valence electrons. The van der Waals surface area contributed by atoms with Crippen LogP contribution in [0, 0.1) is 0 Å².